The van der Waals surface area contributed by atoms with Crippen LogP contribution in [0, 0.1) is 0 Å². The van der Waals surface area contributed by atoms with Crippen LogP contribution >= 0.6 is 0 Å². The number of hydrogen-bond donors (Lipinski definition) is 0. The zero-order valence-corrected chi connectivity index (χ0v) is 31.0. The van der Waals surface area contributed by atoms with Crippen LogP contribution in [0.1, 0.15) is 0 Å². The zero-order valence-electron chi connectivity index (χ0n) is 30.0. The molecule has 0 amide bonds. The molecule has 0 N–H and O–H groups in total. The lowest BCUT2D eigenvalue weighted by molar-refractivity contribution is 0.623. The number of fused-ring (bicyclic) bond motifs is 5. The molecule has 0 bridgehead atoms. The van der Waals surface area contributed by atoms with Crippen molar-refractivity contribution in [2.24, 2.45) is 0 Å². The van der Waals surface area contributed by atoms with Crippen molar-refractivity contribution in [3.8, 4) is 22.6 Å². The van der Waals surface area contributed by atoms with Crippen molar-refractivity contribution in [3.63, 3.8) is 0 Å². The molecular formula is C51H35N2OSi. The molecule has 1 radical (unpaired) electrons. The van der Waals surface area contributed by atoms with Gasteiger partial charge in [0.25, 0.3) is 0 Å². The Labute approximate surface area is 322 Å². The van der Waals surface area contributed by atoms with Gasteiger partial charge in [0.05, 0.1) is 0 Å². The van der Waals surface area contributed by atoms with Gasteiger partial charge in [0.2, 0.25) is 5.89 Å². The molecule has 10 aromatic rings. The lowest BCUT2D eigenvalue weighted by Gasteiger charge is -2.27. The smallest absolute Gasteiger partial charge is 0.227 e. The molecule has 0 spiro atoms. The van der Waals surface area contributed by atoms with Crippen molar-refractivity contribution in [1.29, 1.82) is 0 Å². The highest BCUT2D eigenvalue weighted by atomic mass is 28.3. The van der Waals surface area contributed by atoms with Gasteiger partial charge in [-0.1, -0.05) is 168 Å². The van der Waals surface area contributed by atoms with E-state index in [1.807, 2.05) is 30.3 Å². The predicted octanol–water partition coefficient (Wildman–Crippen LogP) is 11.5. The maximum atomic E-state index is 6.61. The van der Waals surface area contributed by atoms with Gasteiger partial charge < -0.3 is 9.32 Å². The van der Waals surface area contributed by atoms with E-state index in [-0.39, 0.29) is 0 Å². The molecule has 0 saturated carbocycles. The van der Waals surface area contributed by atoms with Crippen LogP contribution in [-0.2, 0) is 0 Å². The van der Waals surface area contributed by atoms with E-state index in [2.05, 4.69) is 187 Å². The Morgan fingerprint density at radius 3 is 1.62 bits per heavy atom. The summed E-state index contributed by atoms with van der Waals surface area (Å²) in [6.45, 7) is 0. The van der Waals surface area contributed by atoms with E-state index < -0.39 is 8.80 Å². The van der Waals surface area contributed by atoms with E-state index in [1.54, 1.807) is 0 Å². The number of anilines is 3. The Bertz CT molecular complexity index is 2870. The van der Waals surface area contributed by atoms with Crippen molar-refractivity contribution in [2.45, 2.75) is 0 Å². The minimum Gasteiger partial charge on any atom is -0.435 e. The first-order chi connectivity index (χ1) is 27.3. The van der Waals surface area contributed by atoms with Crippen molar-refractivity contribution >= 4 is 74.1 Å². The Kier molecular flexibility index (Phi) is 8.36. The van der Waals surface area contributed by atoms with Crippen LogP contribution < -0.4 is 20.5 Å². The summed E-state index contributed by atoms with van der Waals surface area (Å²) in [7, 11) is -1.29. The molecule has 0 saturated heterocycles. The van der Waals surface area contributed by atoms with Crippen LogP contribution in [0.3, 0.4) is 0 Å². The highest BCUT2D eigenvalue weighted by Gasteiger charge is 2.22. The second-order valence-electron chi connectivity index (χ2n) is 13.8. The fraction of sp³-hybridized carbons (Fsp3) is 0. The molecule has 4 heteroatoms. The van der Waals surface area contributed by atoms with E-state index in [1.165, 1.54) is 26.7 Å². The monoisotopic (exact) mass is 719 g/mol. The molecule has 0 aliphatic heterocycles. The minimum absolute atomic E-state index is 0.627. The van der Waals surface area contributed by atoms with Crippen molar-refractivity contribution < 1.29 is 4.42 Å². The van der Waals surface area contributed by atoms with Crippen LogP contribution in [0.4, 0.5) is 17.1 Å². The summed E-state index contributed by atoms with van der Waals surface area (Å²) in [5.74, 6) is 0.627. The van der Waals surface area contributed by atoms with Crippen LogP contribution in [0.5, 0.6) is 0 Å². The van der Waals surface area contributed by atoms with Crippen molar-refractivity contribution in [3.05, 3.63) is 212 Å². The molecular weight excluding hydrogens is 685 g/mol. The molecule has 0 atom stereocenters. The molecule has 259 valence electrons. The maximum Gasteiger partial charge on any atom is 0.227 e. The van der Waals surface area contributed by atoms with Gasteiger partial charge in [-0.2, -0.15) is 0 Å². The van der Waals surface area contributed by atoms with Gasteiger partial charge >= 0.3 is 0 Å². The van der Waals surface area contributed by atoms with Crippen LogP contribution in [0.15, 0.2) is 217 Å². The lowest BCUT2D eigenvalue weighted by Crippen LogP contribution is -2.51. The summed E-state index contributed by atoms with van der Waals surface area (Å²) >= 11 is 0. The Balaban J connectivity index is 1.17. The maximum absolute atomic E-state index is 6.61. The number of benzene rings is 9. The molecule has 0 unspecified atom stereocenters. The third-order valence-electron chi connectivity index (χ3n) is 10.4. The standard InChI is InChI=1S/C51H35N2OSi/c1-5-14-36(15-6-1)37-26-30-41(31-27-37)53(42-18-13-23-46(34-42)55(44-19-9-3-10-20-44)45-21-11-4-12-22-45)43-32-28-38-24-25-39-29-33-48-50(49(39)47(38)35-43)54-51(52-48)40-16-7-2-8-17-40/h1-35H. The van der Waals surface area contributed by atoms with E-state index in [4.69, 9.17) is 9.40 Å². The first kappa shape index (κ1) is 32.6. The summed E-state index contributed by atoms with van der Waals surface area (Å²) < 4.78 is 6.61. The van der Waals surface area contributed by atoms with Gasteiger partial charge in [-0.05, 0) is 87.1 Å². The summed E-state index contributed by atoms with van der Waals surface area (Å²) in [6.07, 6.45) is 0. The van der Waals surface area contributed by atoms with Crippen LogP contribution in [0.2, 0.25) is 0 Å². The Morgan fingerprint density at radius 1 is 0.400 bits per heavy atom. The molecule has 55 heavy (non-hydrogen) atoms. The largest absolute Gasteiger partial charge is 0.435 e. The van der Waals surface area contributed by atoms with E-state index in [0.717, 1.165) is 55.3 Å². The van der Waals surface area contributed by atoms with Crippen molar-refractivity contribution in [2.75, 3.05) is 4.90 Å². The van der Waals surface area contributed by atoms with Gasteiger partial charge in [0.1, 0.15) is 5.52 Å². The molecule has 0 aliphatic rings. The number of rotatable bonds is 8. The normalized spacial score (nSPS) is 11.4. The molecule has 9 aromatic carbocycles. The predicted molar refractivity (Wildman–Crippen MR) is 232 cm³/mol. The Hall–Kier alpha value is -7.01. The summed E-state index contributed by atoms with van der Waals surface area (Å²) in [5.41, 5.74) is 8.25. The second-order valence-corrected chi connectivity index (χ2v) is 16.3. The highest BCUT2D eigenvalue weighted by Crippen LogP contribution is 2.40. The SMILES string of the molecule is c1ccc(-c2ccc(N(c3cccc([Si](c4ccccc4)c4ccccc4)c3)c3ccc4ccc5ccc6nc(-c7ccccc7)oc6c5c4c3)cc2)cc1. The first-order valence-corrected chi connectivity index (χ1v) is 20.1. The fourth-order valence-electron chi connectivity index (χ4n) is 7.74. The quantitative estimate of drug-likeness (QED) is 0.0889. The lowest BCUT2D eigenvalue weighted by atomic mass is 10.00. The van der Waals surface area contributed by atoms with Crippen molar-refractivity contribution in [1.82, 2.24) is 4.98 Å². The fourth-order valence-corrected chi connectivity index (χ4v) is 10.4. The second kappa shape index (κ2) is 14.1. The average Bonchev–Trinajstić information content (AvgIpc) is 3.71. The van der Waals surface area contributed by atoms with E-state index in [9.17, 15) is 0 Å². The molecule has 1 aromatic heterocycles. The van der Waals surface area contributed by atoms with Gasteiger partial charge in [-0.15, -0.1) is 0 Å². The van der Waals surface area contributed by atoms with Crippen LogP contribution in [0.25, 0.3) is 55.2 Å². The summed E-state index contributed by atoms with van der Waals surface area (Å²) in [4.78, 5) is 7.32. The zero-order chi connectivity index (χ0) is 36.6. The Morgan fingerprint density at radius 2 is 0.927 bits per heavy atom. The van der Waals surface area contributed by atoms with Gasteiger partial charge in [0, 0.05) is 28.0 Å². The summed E-state index contributed by atoms with van der Waals surface area (Å²) in [5, 5.41) is 8.50. The molecule has 3 nitrogen and oxygen atoms in total. The van der Waals surface area contributed by atoms with Crippen LogP contribution in [-0.4, -0.2) is 13.8 Å². The molecule has 1 heterocycles. The molecule has 0 aliphatic carbocycles. The number of nitrogens with zero attached hydrogens (tertiary/aromatic N) is 2. The first-order valence-electron chi connectivity index (χ1n) is 18.6. The van der Waals surface area contributed by atoms with E-state index in [0.29, 0.717) is 5.89 Å². The highest BCUT2D eigenvalue weighted by molar-refractivity contribution is 6.95. The number of aromatic nitrogens is 1. The molecule has 0 fully saturated rings. The minimum atomic E-state index is -1.29. The van der Waals surface area contributed by atoms with Gasteiger partial charge in [-0.3, -0.25) is 0 Å². The van der Waals surface area contributed by atoms with E-state index >= 15 is 0 Å². The third-order valence-corrected chi connectivity index (χ3v) is 13.1. The third kappa shape index (κ3) is 6.19. The average molecular weight is 720 g/mol. The number of hydrogen-bond acceptors (Lipinski definition) is 3. The molecule has 10 rings (SSSR count). The van der Waals surface area contributed by atoms with Gasteiger partial charge in [0.15, 0.2) is 14.4 Å². The summed E-state index contributed by atoms with van der Waals surface area (Å²) in [6, 6.07) is 76.1. The van der Waals surface area contributed by atoms with Gasteiger partial charge in [-0.25, -0.2) is 4.98 Å². The number of oxazole rings is 1. The topological polar surface area (TPSA) is 29.3 Å².